The van der Waals surface area contributed by atoms with E-state index in [1.54, 1.807) is 7.11 Å². The number of aliphatic hydroxyl groups is 1. The lowest BCUT2D eigenvalue weighted by atomic mass is 10.0. The molecule has 0 aliphatic heterocycles. The normalized spacial score (nSPS) is 14.5. The molecule has 0 spiro atoms. The fraction of sp³-hybridized carbons (Fsp3) is 0.500. The van der Waals surface area contributed by atoms with Gasteiger partial charge in [-0.05, 0) is 24.3 Å². The summed E-state index contributed by atoms with van der Waals surface area (Å²) in [5.41, 5.74) is 1.00. The molecule has 3 nitrogen and oxygen atoms in total. The van der Waals surface area contributed by atoms with Gasteiger partial charge in [0.1, 0.15) is 0 Å². The van der Waals surface area contributed by atoms with Crippen molar-refractivity contribution in [2.75, 3.05) is 25.6 Å². The van der Waals surface area contributed by atoms with E-state index in [2.05, 4.69) is 28.2 Å². The highest BCUT2D eigenvalue weighted by atomic mass is 79.9. The number of rotatable bonds is 6. The smallest absolute Gasteiger partial charge is 0.0636 e. The van der Waals surface area contributed by atoms with E-state index >= 15 is 0 Å². The average Bonchev–Trinajstić information content (AvgIpc) is 2.28. The van der Waals surface area contributed by atoms with Gasteiger partial charge in [-0.25, -0.2) is 0 Å². The first-order valence-electron chi connectivity index (χ1n) is 5.29. The van der Waals surface area contributed by atoms with Gasteiger partial charge in [0.25, 0.3) is 0 Å². The average molecular weight is 288 g/mol. The van der Waals surface area contributed by atoms with Gasteiger partial charge in [-0.3, -0.25) is 0 Å². The zero-order chi connectivity index (χ0) is 12.0. The molecule has 0 radical (unpaired) electrons. The van der Waals surface area contributed by atoms with Crippen molar-refractivity contribution in [2.24, 2.45) is 5.92 Å². The molecule has 0 aromatic heterocycles. The summed E-state index contributed by atoms with van der Waals surface area (Å²) in [5, 5.41) is 12.6. The number of anilines is 1. The van der Waals surface area contributed by atoms with Crippen LogP contribution < -0.4 is 5.32 Å². The highest BCUT2D eigenvalue weighted by molar-refractivity contribution is 9.10. The molecule has 2 N–H and O–H groups in total. The van der Waals surface area contributed by atoms with Gasteiger partial charge < -0.3 is 15.2 Å². The third-order valence-corrected chi connectivity index (χ3v) is 3.04. The predicted octanol–water partition coefficient (Wildman–Crippen LogP) is 2.50. The fourth-order valence-electron chi connectivity index (χ4n) is 1.51. The van der Waals surface area contributed by atoms with Gasteiger partial charge in [0, 0.05) is 23.2 Å². The lowest BCUT2D eigenvalue weighted by molar-refractivity contribution is 0.132. The Morgan fingerprint density at radius 3 is 2.50 bits per heavy atom. The van der Waals surface area contributed by atoms with E-state index in [1.165, 1.54) is 0 Å². The summed E-state index contributed by atoms with van der Waals surface area (Å²) >= 11 is 3.39. The molecule has 0 bridgehead atoms. The highest BCUT2D eigenvalue weighted by Gasteiger charge is 2.15. The summed E-state index contributed by atoms with van der Waals surface area (Å²) in [4.78, 5) is 0. The number of halogens is 1. The Labute approximate surface area is 105 Å². The second-order valence-electron chi connectivity index (χ2n) is 3.87. The number of hydrogen-bond donors (Lipinski definition) is 2. The van der Waals surface area contributed by atoms with E-state index in [9.17, 15) is 5.11 Å². The molecule has 0 saturated heterocycles. The predicted molar refractivity (Wildman–Crippen MR) is 69.7 cm³/mol. The van der Waals surface area contributed by atoms with Crippen LogP contribution in [0.3, 0.4) is 0 Å². The van der Waals surface area contributed by atoms with Gasteiger partial charge in [0.15, 0.2) is 0 Å². The summed E-state index contributed by atoms with van der Waals surface area (Å²) in [6, 6.07) is 7.91. The van der Waals surface area contributed by atoms with Crippen LogP contribution in [0.1, 0.15) is 6.92 Å². The molecule has 0 aliphatic carbocycles. The zero-order valence-electron chi connectivity index (χ0n) is 9.61. The Kier molecular flexibility index (Phi) is 5.80. The van der Waals surface area contributed by atoms with Crippen LogP contribution in [0.25, 0.3) is 0 Å². The molecule has 0 heterocycles. The number of ether oxygens (including phenoxy) is 1. The van der Waals surface area contributed by atoms with Crippen molar-refractivity contribution in [1.29, 1.82) is 0 Å². The molecule has 1 aromatic rings. The molecule has 0 aliphatic rings. The third-order valence-electron chi connectivity index (χ3n) is 2.51. The topological polar surface area (TPSA) is 41.5 Å². The van der Waals surface area contributed by atoms with E-state index in [-0.39, 0.29) is 18.6 Å². The van der Waals surface area contributed by atoms with Crippen LogP contribution in [-0.2, 0) is 4.74 Å². The first-order chi connectivity index (χ1) is 7.67. The minimum Gasteiger partial charge on any atom is -0.394 e. The van der Waals surface area contributed by atoms with Crippen molar-refractivity contribution >= 4 is 21.6 Å². The standard InChI is InChI=1S/C12H18BrNO2/c1-9(8-16-2)12(7-15)14-11-5-3-10(13)4-6-11/h3-6,9,12,14-15H,7-8H2,1-2H3. The molecule has 1 rings (SSSR count). The summed E-state index contributed by atoms with van der Waals surface area (Å²) in [6.45, 7) is 2.78. The van der Waals surface area contributed by atoms with E-state index in [1.807, 2.05) is 24.3 Å². The van der Waals surface area contributed by atoms with Crippen molar-refractivity contribution in [2.45, 2.75) is 13.0 Å². The second kappa shape index (κ2) is 6.89. The molecule has 90 valence electrons. The van der Waals surface area contributed by atoms with Crippen LogP contribution in [0.15, 0.2) is 28.7 Å². The second-order valence-corrected chi connectivity index (χ2v) is 4.79. The first kappa shape index (κ1) is 13.5. The first-order valence-corrected chi connectivity index (χ1v) is 6.08. The highest BCUT2D eigenvalue weighted by Crippen LogP contribution is 2.17. The van der Waals surface area contributed by atoms with Crippen molar-refractivity contribution < 1.29 is 9.84 Å². The van der Waals surface area contributed by atoms with Gasteiger partial charge in [-0.1, -0.05) is 22.9 Å². The number of methoxy groups -OCH3 is 1. The van der Waals surface area contributed by atoms with Gasteiger partial charge in [0.05, 0.1) is 19.3 Å². The minimum absolute atomic E-state index is 0.0149. The van der Waals surface area contributed by atoms with Gasteiger partial charge in [-0.2, -0.15) is 0 Å². The Morgan fingerprint density at radius 1 is 1.38 bits per heavy atom. The van der Waals surface area contributed by atoms with Gasteiger partial charge in [-0.15, -0.1) is 0 Å². The SMILES string of the molecule is COCC(C)C(CO)Nc1ccc(Br)cc1. The Bertz CT molecular complexity index is 302. The molecule has 2 unspecified atom stereocenters. The molecule has 1 aromatic carbocycles. The largest absolute Gasteiger partial charge is 0.394 e. The van der Waals surface area contributed by atoms with E-state index < -0.39 is 0 Å². The fourth-order valence-corrected chi connectivity index (χ4v) is 1.77. The number of benzene rings is 1. The number of nitrogens with one attached hydrogen (secondary N) is 1. The maximum absolute atomic E-state index is 9.31. The maximum Gasteiger partial charge on any atom is 0.0636 e. The Hall–Kier alpha value is -0.580. The Balaban J connectivity index is 2.59. The number of aliphatic hydroxyl groups excluding tert-OH is 1. The summed E-state index contributed by atoms with van der Waals surface area (Å²) in [5.74, 6) is 0.263. The molecular weight excluding hydrogens is 270 g/mol. The van der Waals surface area contributed by atoms with Crippen LogP contribution in [-0.4, -0.2) is 31.5 Å². The van der Waals surface area contributed by atoms with Crippen LogP contribution >= 0.6 is 15.9 Å². The monoisotopic (exact) mass is 287 g/mol. The lowest BCUT2D eigenvalue weighted by Gasteiger charge is -2.23. The zero-order valence-corrected chi connectivity index (χ0v) is 11.2. The minimum atomic E-state index is 0.0149. The number of hydrogen-bond acceptors (Lipinski definition) is 3. The molecule has 16 heavy (non-hydrogen) atoms. The van der Waals surface area contributed by atoms with Crippen molar-refractivity contribution in [1.82, 2.24) is 0 Å². The quantitative estimate of drug-likeness (QED) is 0.845. The van der Waals surface area contributed by atoms with Crippen LogP contribution in [0.2, 0.25) is 0 Å². The van der Waals surface area contributed by atoms with E-state index in [4.69, 9.17) is 4.74 Å². The molecule has 0 saturated carbocycles. The van der Waals surface area contributed by atoms with Crippen LogP contribution in [0, 0.1) is 5.92 Å². The molecule has 0 amide bonds. The van der Waals surface area contributed by atoms with Crippen molar-refractivity contribution in [3.8, 4) is 0 Å². The third kappa shape index (κ3) is 4.12. The summed E-state index contributed by atoms with van der Waals surface area (Å²) in [7, 11) is 1.67. The molecule has 0 fully saturated rings. The Morgan fingerprint density at radius 2 is 2.00 bits per heavy atom. The van der Waals surface area contributed by atoms with Crippen molar-refractivity contribution in [3.05, 3.63) is 28.7 Å². The van der Waals surface area contributed by atoms with E-state index in [0.717, 1.165) is 10.2 Å². The van der Waals surface area contributed by atoms with Crippen LogP contribution in [0.5, 0.6) is 0 Å². The summed E-state index contributed by atoms with van der Waals surface area (Å²) in [6.07, 6.45) is 0. The molecule has 2 atom stereocenters. The van der Waals surface area contributed by atoms with Gasteiger partial charge in [0.2, 0.25) is 0 Å². The maximum atomic E-state index is 9.31. The van der Waals surface area contributed by atoms with Gasteiger partial charge >= 0.3 is 0 Å². The van der Waals surface area contributed by atoms with Crippen LogP contribution in [0.4, 0.5) is 5.69 Å². The van der Waals surface area contributed by atoms with E-state index in [0.29, 0.717) is 6.61 Å². The molecule has 4 heteroatoms. The van der Waals surface area contributed by atoms with Crippen molar-refractivity contribution in [3.63, 3.8) is 0 Å². The molecular formula is C12H18BrNO2. The lowest BCUT2D eigenvalue weighted by Crippen LogP contribution is -2.33. The summed E-state index contributed by atoms with van der Waals surface area (Å²) < 4.78 is 6.13.